The van der Waals surface area contributed by atoms with Crippen LogP contribution in [-0.4, -0.2) is 31.1 Å². The lowest BCUT2D eigenvalue weighted by atomic mass is 9.98. The van der Waals surface area contributed by atoms with Gasteiger partial charge in [-0.05, 0) is 35.4 Å². The van der Waals surface area contributed by atoms with Gasteiger partial charge in [0.15, 0.2) is 11.7 Å². The van der Waals surface area contributed by atoms with Crippen molar-refractivity contribution in [1.29, 1.82) is 5.26 Å². The van der Waals surface area contributed by atoms with Crippen LogP contribution >= 0.6 is 0 Å². The number of nitriles is 1. The standard InChI is InChI=1S/C21H17F3N2O5/c1-3-18(27)17(11-25)19(28)26-13-7-8-15(16(10-13)20(29)30-2)12-5-4-6-14(9-12)31-21(22,23)24/h4-10,17H,3H2,1-2H3,(H,26,28). The van der Waals surface area contributed by atoms with Crippen LogP contribution in [0.1, 0.15) is 23.7 Å². The van der Waals surface area contributed by atoms with E-state index < -0.39 is 35.7 Å². The molecule has 31 heavy (non-hydrogen) atoms. The molecule has 2 rings (SSSR count). The molecule has 162 valence electrons. The molecule has 1 unspecified atom stereocenters. The molecule has 1 amide bonds. The van der Waals surface area contributed by atoms with Gasteiger partial charge in [0.1, 0.15) is 5.75 Å². The van der Waals surface area contributed by atoms with Crippen LogP contribution in [0.2, 0.25) is 0 Å². The normalized spacial score (nSPS) is 11.7. The van der Waals surface area contributed by atoms with E-state index in [9.17, 15) is 27.6 Å². The quantitative estimate of drug-likeness (QED) is 0.520. The summed E-state index contributed by atoms with van der Waals surface area (Å²) in [4.78, 5) is 36.2. The third-order valence-electron chi connectivity index (χ3n) is 4.13. The number of hydrogen-bond acceptors (Lipinski definition) is 6. The van der Waals surface area contributed by atoms with Crippen LogP contribution in [0.4, 0.5) is 18.9 Å². The zero-order chi connectivity index (χ0) is 23.2. The smallest absolute Gasteiger partial charge is 0.465 e. The van der Waals surface area contributed by atoms with Crippen LogP contribution in [0.5, 0.6) is 5.75 Å². The summed E-state index contributed by atoms with van der Waals surface area (Å²) < 4.78 is 46.1. The highest BCUT2D eigenvalue weighted by Gasteiger charge is 2.31. The summed E-state index contributed by atoms with van der Waals surface area (Å²) in [7, 11) is 1.12. The first-order valence-electron chi connectivity index (χ1n) is 8.91. The molecular weight excluding hydrogens is 417 g/mol. The minimum atomic E-state index is -4.88. The lowest BCUT2D eigenvalue weighted by Crippen LogP contribution is -2.28. The van der Waals surface area contributed by atoms with Crippen molar-refractivity contribution in [3.63, 3.8) is 0 Å². The zero-order valence-corrected chi connectivity index (χ0v) is 16.4. The molecular formula is C21H17F3N2O5. The van der Waals surface area contributed by atoms with Crippen LogP contribution < -0.4 is 10.1 Å². The summed E-state index contributed by atoms with van der Waals surface area (Å²) in [5.41, 5.74) is 0.496. The fourth-order valence-electron chi connectivity index (χ4n) is 2.71. The van der Waals surface area contributed by atoms with Crippen molar-refractivity contribution in [3.05, 3.63) is 48.0 Å². The number of ketones is 1. The van der Waals surface area contributed by atoms with Crippen molar-refractivity contribution in [2.75, 3.05) is 12.4 Å². The molecule has 1 N–H and O–H groups in total. The van der Waals surface area contributed by atoms with Crippen molar-refractivity contribution in [3.8, 4) is 22.9 Å². The highest BCUT2D eigenvalue weighted by Crippen LogP contribution is 2.31. The summed E-state index contributed by atoms with van der Waals surface area (Å²) in [5.74, 6) is -4.23. The molecule has 0 radical (unpaired) electrons. The maximum Gasteiger partial charge on any atom is 0.573 e. The molecule has 0 aliphatic carbocycles. The van der Waals surface area contributed by atoms with Gasteiger partial charge in [0, 0.05) is 12.1 Å². The number of benzene rings is 2. The topological polar surface area (TPSA) is 105 Å². The number of amides is 1. The van der Waals surface area contributed by atoms with E-state index in [0.29, 0.717) is 0 Å². The summed E-state index contributed by atoms with van der Waals surface area (Å²) in [6.07, 6.45) is -4.89. The second-order valence-corrected chi connectivity index (χ2v) is 6.20. The number of nitrogens with one attached hydrogen (secondary N) is 1. The Morgan fingerprint density at radius 3 is 2.45 bits per heavy atom. The van der Waals surface area contributed by atoms with Gasteiger partial charge in [-0.3, -0.25) is 9.59 Å². The summed E-state index contributed by atoms with van der Waals surface area (Å²) >= 11 is 0. The van der Waals surface area contributed by atoms with Gasteiger partial charge in [0.25, 0.3) is 0 Å². The summed E-state index contributed by atoms with van der Waals surface area (Å²) in [6.45, 7) is 1.51. The molecule has 0 bridgehead atoms. The van der Waals surface area contributed by atoms with Gasteiger partial charge in [-0.2, -0.15) is 5.26 Å². The van der Waals surface area contributed by atoms with Gasteiger partial charge in [0.05, 0.1) is 18.7 Å². The number of carbonyl (C=O) groups excluding carboxylic acids is 3. The van der Waals surface area contributed by atoms with Crippen LogP contribution in [0.25, 0.3) is 11.1 Å². The van der Waals surface area contributed by atoms with E-state index in [-0.39, 0.29) is 28.8 Å². The molecule has 0 fully saturated rings. The van der Waals surface area contributed by atoms with Crippen LogP contribution in [0.15, 0.2) is 42.5 Å². The number of methoxy groups -OCH3 is 1. The molecule has 1 atom stereocenters. The number of carbonyl (C=O) groups is 3. The number of hydrogen-bond donors (Lipinski definition) is 1. The van der Waals surface area contributed by atoms with Gasteiger partial charge in [-0.25, -0.2) is 4.79 Å². The Labute approximate surface area is 175 Å². The maximum atomic E-state index is 12.5. The molecule has 0 saturated carbocycles. The molecule has 0 heterocycles. The summed E-state index contributed by atoms with van der Waals surface area (Å²) in [6, 6.07) is 10.6. The molecule has 7 nitrogen and oxygen atoms in total. The number of alkyl halides is 3. The van der Waals surface area contributed by atoms with Crippen molar-refractivity contribution in [1.82, 2.24) is 0 Å². The Bertz CT molecular complexity index is 1040. The number of ether oxygens (including phenoxy) is 2. The third-order valence-corrected chi connectivity index (χ3v) is 4.13. The van der Waals surface area contributed by atoms with Gasteiger partial charge >= 0.3 is 12.3 Å². The Morgan fingerprint density at radius 2 is 1.87 bits per heavy atom. The third kappa shape index (κ3) is 6.05. The fourth-order valence-corrected chi connectivity index (χ4v) is 2.71. The highest BCUT2D eigenvalue weighted by molar-refractivity contribution is 6.10. The van der Waals surface area contributed by atoms with Gasteiger partial charge in [-0.1, -0.05) is 25.1 Å². The lowest BCUT2D eigenvalue weighted by molar-refractivity contribution is -0.274. The minimum Gasteiger partial charge on any atom is -0.465 e. The van der Waals surface area contributed by atoms with Gasteiger partial charge in [0.2, 0.25) is 5.91 Å². The highest BCUT2D eigenvalue weighted by atomic mass is 19.4. The van der Waals surface area contributed by atoms with Crippen molar-refractivity contribution in [2.45, 2.75) is 19.7 Å². The SMILES string of the molecule is CCC(=O)C(C#N)C(=O)Nc1ccc(-c2cccc(OC(F)(F)F)c2)c(C(=O)OC)c1. The molecule has 10 heteroatoms. The molecule has 0 aliphatic heterocycles. The van der Waals surface area contributed by atoms with E-state index in [4.69, 9.17) is 10.00 Å². The Hall–Kier alpha value is -3.87. The van der Waals surface area contributed by atoms with Crippen molar-refractivity contribution in [2.24, 2.45) is 5.92 Å². The Kier molecular flexibility index (Phi) is 7.37. The van der Waals surface area contributed by atoms with Crippen molar-refractivity contribution >= 4 is 23.3 Å². The Balaban J connectivity index is 2.43. The molecule has 0 aliphatic rings. The number of rotatable bonds is 7. The van der Waals surface area contributed by atoms with Crippen LogP contribution in [-0.2, 0) is 14.3 Å². The first kappa shape index (κ1) is 23.4. The van der Waals surface area contributed by atoms with Crippen LogP contribution in [0, 0.1) is 17.2 Å². The number of anilines is 1. The van der Waals surface area contributed by atoms with Gasteiger partial charge in [-0.15, -0.1) is 13.2 Å². The average Bonchev–Trinajstić information content (AvgIpc) is 2.72. The molecule has 2 aromatic rings. The van der Waals surface area contributed by atoms with E-state index in [2.05, 4.69) is 10.1 Å². The first-order chi connectivity index (χ1) is 14.6. The Morgan fingerprint density at radius 1 is 1.16 bits per heavy atom. The van der Waals surface area contributed by atoms with E-state index >= 15 is 0 Å². The molecule has 0 aromatic heterocycles. The van der Waals surface area contributed by atoms with E-state index in [1.165, 1.54) is 37.3 Å². The summed E-state index contributed by atoms with van der Waals surface area (Å²) in [5, 5.41) is 11.4. The predicted octanol–water partition coefficient (Wildman–Crippen LogP) is 4.10. The molecule has 0 spiro atoms. The first-order valence-corrected chi connectivity index (χ1v) is 8.91. The largest absolute Gasteiger partial charge is 0.573 e. The van der Waals surface area contributed by atoms with E-state index in [1.807, 2.05) is 0 Å². The van der Waals surface area contributed by atoms with Crippen LogP contribution in [0.3, 0.4) is 0 Å². The second kappa shape index (κ2) is 9.75. The predicted molar refractivity (Wildman–Crippen MR) is 103 cm³/mol. The second-order valence-electron chi connectivity index (χ2n) is 6.20. The molecule has 2 aromatic carbocycles. The maximum absolute atomic E-state index is 12.5. The zero-order valence-electron chi connectivity index (χ0n) is 16.4. The number of Topliss-reactive ketones (excluding diaryl/α,β-unsaturated/α-hetero) is 1. The average molecular weight is 434 g/mol. The van der Waals surface area contributed by atoms with Gasteiger partial charge < -0.3 is 14.8 Å². The monoisotopic (exact) mass is 434 g/mol. The number of nitrogens with zero attached hydrogens (tertiary/aromatic N) is 1. The van der Waals surface area contributed by atoms with E-state index in [0.717, 1.165) is 19.2 Å². The number of halogens is 3. The molecule has 0 saturated heterocycles. The van der Waals surface area contributed by atoms with Crippen molar-refractivity contribution < 1.29 is 37.0 Å². The lowest BCUT2D eigenvalue weighted by Gasteiger charge is -2.14. The van der Waals surface area contributed by atoms with E-state index in [1.54, 1.807) is 6.07 Å². The number of esters is 1. The minimum absolute atomic E-state index is 0.00562. The fraction of sp³-hybridized carbons (Fsp3) is 0.238.